The minimum atomic E-state index is -1.17. The molecule has 0 heterocycles. The van der Waals surface area contributed by atoms with E-state index in [2.05, 4.69) is 17.4 Å². The Labute approximate surface area is 245 Å². The summed E-state index contributed by atoms with van der Waals surface area (Å²) in [5, 5.41) is 12.3. The van der Waals surface area contributed by atoms with Crippen molar-refractivity contribution in [3.8, 4) is 11.1 Å². The lowest BCUT2D eigenvalue weighted by Gasteiger charge is -2.29. The highest BCUT2D eigenvalue weighted by Gasteiger charge is 2.30. The van der Waals surface area contributed by atoms with Gasteiger partial charge in [-0.05, 0) is 58.7 Å². The molecule has 7 nitrogen and oxygen atoms in total. The van der Waals surface area contributed by atoms with Crippen LogP contribution < -0.4 is 10.2 Å². The Morgan fingerprint density at radius 3 is 2.10 bits per heavy atom. The number of benzene rings is 3. The van der Waals surface area contributed by atoms with Gasteiger partial charge < -0.3 is 20.1 Å². The summed E-state index contributed by atoms with van der Waals surface area (Å²) in [5.74, 6) is -1.06. The molecule has 2 aliphatic rings. The molecule has 2 aliphatic carbocycles. The van der Waals surface area contributed by atoms with E-state index in [1.807, 2.05) is 48.5 Å². The van der Waals surface area contributed by atoms with Crippen molar-refractivity contribution in [2.24, 2.45) is 5.92 Å². The van der Waals surface area contributed by atoms with E-state index in [-0.39, 0.29) is 30.7 Å². The number of carboxylic acid groups (broad SMARTS) is 1. The third kappa shape index (κ3) is 6.73. The molecule has 2 amide bonds. The Hall–Kier alpha value is -3.84. The monoisotopic (exact) mass is 574 g/mol. The van der Waals surface area contributed by atoms with Crippen molar-refractivity contribution in [3.05, 3.63) is 89.5 Å². The Morgan fingerprint density at radius 2 is 1.51 bits per heavy atom. The number of anilines is 1. The zero-order valence-electron chi connectivity index (χ0n) is 22.9. The van der Waals surface area contributed by atoms with E-state index in [4.69, 9.17) is 16.3 Å². The molecule has 1 fully saturated rings. The maximum Gasteiger partial charge on any atom is 0.407 e. The van der Waals surface area contributed by atoms with Gasteiger partial charge in [-0.3, -0.25) is 4.79 Å². The highest BCUT2D eigenvalue weighted by atomic mass is 35.5. The number of hydrogen-bond donors (Lipinski definition) is 2. The van der Waals surface area contributed by atoms with Gasteiger partial charge in [0.15, 0.2) is 0 Å². The van der Waals surface area contributed by atoms with Crippen LogP contribution in [0.2, 0.25) is 0 Å². The first-order valence-electron chi connectivity index (χ1n) is 14.2. The fourth-order valence-corrected chi connectivity index (χ4v) is 6.23. The van der Waals surface area contributed by atoms with Crippen molar-refractivity contribution < 1.29 is 24.2 Å². The summed E-state index contributed by atoms with van der Waals surface area (Å²) in [6.45, 7) is 0.734. The summed E-state index contributed by atoms with van der Waals surface area (Å²) in [5.41, 5.74) is 5.86. The predicted molar refractivity (Wildman–Crippen MR) is 159 cm³/mol. The second-order valence-electron chi connectivity index (χ2n) is 10.9. The summed E-state index contributed by atoms with van der Waals surface area (Å²) >= 11 is 5.91. The van der Waals surface area contributed by atoms with Gasteiger partial charge in [0.05, 0.1) is 0 Å². The molecule has 41 heavy (non-hydrogen) atoms. The SMILES string of the molecule is O=C(N[C@@H](Cc1ccc(N(CC2CCCCC2)C(=O)CCl)cc1)C(=O)O)OCC1c2ccccc2-c2ccccc21. The molecular formula is C33H35ClN2O5. The Kier molecular flexibility index (Phi) is 9.24. The first-order valence-corrected chi connectivity index (χ1v) is 14.8. The normalized spacial score (nSPS) is 15.4. The van der Waals surface area contributed by atoms with Crippen LogP contribution in [0.1, 0.15) is 54.7 Å². The number of hydrogen-bond acceptors (Lipinski definition) is 4. The van der Waals surface area contributed by atoms with Crippen molar-refractivity contribution >= 4 is 35.3 Å². The first kappa shape index (κ1) is 28.7. The molecule has 0 aliphatic heterocycles. The molecule has 0 bridgehead atoms. The van der Waals surface area contributed by atoms with E-state index in [1.165, 1.54) is 19.3 Å². The largest absolute Gasteiger partial charge is 0.480 e. The summed E-state index contributed by atoms with van der Waals surface area (Å²) < 4.78 is 5.55. The fourth-order valence-electron chi connectivity index (χ4n) is 6.08. The number of alkyl carbamates (subject to hydrolysis) is 1. The number of carbonyl (C=O) groups excluding carboxylic acids is 2. The third-order valence-corrected chi connectivity index (χ3v) is 8.43. The van der Waals surface area contributed by atoms with Gasteiger partial charge in [-0.15, -0.1) is 11.6 Å². The van der Waals surface area contributed by atoms with Crippen LogP contribution in [-0.4, -0.2) is 48.1 Å². The Balaban J connectivity index is 1.20. The topological polar surface area (TPSA) is 95.9 Å². The lowest BCUT2D eigenvalue weighted by Crippen LogP contribution is -2.43. The van der Waals surface area contributed by atoms with Crippen molar-refractivity contribution in [1.82, 2.24) is 5.32 Å². The third-order valence-electron chi connectivity index (χ3n) is 8.20. The van der Waals surface area contributed by atoms with Gasteiger partial charge in [-0.1, -0.05) is 79.9 Å². The number of halogens is 1. The van der Waals surface area contributed by atoms with Crippen molar-refractivity contribution in [2.75, 3.05) is 23.9 Å². The van der Waals surface area contributed by atoms with Crippen molar-refractivity contribution in [1.29, 1.82) is 0 Å². The molecule has 0 spiro atoms. The Bertz CT molecular complexity index is 1340. The maximum atomic E-state index is 12.7. The van der Waals surface area contributed by atoms with E-state index >= 15 is 0 Å². The molecule has 2 N–H and O–H groups in total. The Morgan fingerprint density at radius 1 is 0.902 bits per heavy atom. The molecule has 8 heteroatoms. The second-order valence-corrected chi connectivity index (χ2v) is 11.1. The van der Waals surface area contributed by atoms with E-state index in [0.717, 1.165) is 46.3 Å². The summed E-state index contributed by atoms with van der Waals surface area (Å²) in [7, 11) is 0. The number of fused-ring (bicyclic) bond motifs is 3. The van der Waals surface area contributed by atoms with Crippen LogP contribution in [0.5, 0.6) is 0 Å². The van der Waals surface area contributed by atoms with Crippen LogP contribution in [-0.2, 0) is 20.7 Å². The molecular weight excluding hydrogens is 540 g/mol. The van der Waals surface area contributed by atoms with Gasteiger partial charge in [-0.2, -0.15) is 0 Å². The molecule has 1 atom stereocenters. The zero-order valence-corrected chi connectivity index (χ0v) is 23.7. The maximum absolute atomic E-state index is 12.7. The number of carboxylic acids is 1. The lowest BCUT2D eigenvalue weighted by molar-refractivity contribution is -0.139. The van der Waals surface area contributed by atoms with Crippen molar-refractivity contribution in [3.63, 3.8) is 0 Å². The standard InChI is InChI=1S/C33H35ClN2O5/c34-19-31(37)36(20-23-8-2-1-3-9-23)24-16-14-22(15-17-24)18-30(32(38)39)35-33(40)41-21-29-27-12-6-4-10-25(27)26-11-5-7-13-28(26)29/h4-7,10-17,23,29-30H,1-3,8-9,18-21H2,(H,35,40)(H,38,39)/t30-/m0/s1. The van der Waals surface area contributed by atoms with Crippen LogP contribution in [0, 0.1) is 5.92 Å². The van der Waals surface area contributed by atoms with Crippen LogP contribution in [0.15, 0.2) is 72.8 Å². The number of amides is 2. The van der Waals surface area contributed by atoms with Crippen LogP contribution in [0.25, 0.3) is 11.1 Å². The average Bonchev–Trinajstić information content (AvgIpc) is 3.32. The number of ether oxygens (including phenoxy) is 1. The molecule has 214 valence electrons. The van der Waals surface area contributed by atoms with Crippen LogP contribution >= 0.6 is 11.6 Å². The molecule has 5 rings (SSSR count). The van der Waals surface area contributed by atoms with Gasteiger partial charge in [0.1, 0.15) is 18.5 Å². The van der Waals surface area contributed by atoms with Gasteiger partial charge in [0.2, 0.25) is 5.91 Å². The molecule has 3 aromatic rings. The number of nitrogens with one attached hydrogen (secondary N) is 1. The molecule has 1 saturated carbocycles. The van der Waals surface area contributed by atoms with Gasteiger partial charge >= 0.3 is 12.1 Å². The van der Waals surface area contributed by atoms with E-state index in [1.54, 1.807) is 17.0 Å². The van der Waals surface area contributed by atoms with E-state index in [0.29, 0.717) is 12.5 Å². The second kappa shape index (κ2) is 13.2. The summed E-state index contributed by atoms with van der Waals surface area (Å²) in [6, 6.07) is 22.1. The molecule has 0 unspecified atom stereocenters. The minimum Gasteiger partial charge on any atom is -0.480 e. The van der Waals surface area contributed by atoms with Crippen molar-refractivity contribution in [2.45, 2.75) is 50.5 Å². The highest BCUT2D eigenvalue weighted by Crippen LogP contribution is 2.44. The smallest absolute Gasteiger partial charge is 0.407 e. The zero-order chi connectivity index (χ0) is 28.8. The quantitative estimate of drug-likeness (QED) is 0.274. The number of alkyl halides is 1. The van der Waals surface area contributed by atoms with E-state index in [9.17, 15) is 19.5 Å². The number of nitrogens with zero attached hydrogens (tertiary/aromatic N) is 1. The number of carbonyl (C=O) groups is 3. The molecule has 0 aromatic heterocycles. The summed E-state index contributed by atoms with van der Waals surface area (Å²) in [4.78, 5) is 39.1. The van der Waals surface area contributed by atoms with E-state index < -0.39 is 18.1 Å². The molecule has 0 saturated heterocycles. The number of aliphatic carboxylic acids is 1. The molecule has 0 radical (unpaired) electrons. The fraction of sp³-hybridized carbons (Fsp3) is 0.364. The van der Waals surface area contributed by atoms with Gasteiger partial charge in [-0.25, -0.2) is 9.59 Å². The average molecular weight is 575 g/mol. The summed E-state index contributed by atoms with van der Waals surface area (Å²) in [6.07, 6.45) is 5.11. The van der Waals surface area contributed by atoms with Gasteiger partial charge in [0, 0.05) is 24.6 Å². The van der Waals surface area contributed by atoms with Crippen LogP contribution in [0.3, 0.4) is 0 Å². The molecule has 3 aromatic carbocycles. The first-order chi connectivity index (χ1) is 19.9. The lowest BCUT2D eigenvalue weighted by atomic mass is 9.89. The number of rotatable bonds is 10. The predicted octanol–water partition coefficient (Wildman–Crippen LogP) is 6.37. The minimum absolute atomic E-state index is 0.0753. The van der Waals surface area contributed by atoms with Crippen LogP contribution in [0.4, 0.5) is 10.5 Å². The van der Waals surface area contributed by atoms with Gasteiger partial charge in [0.25, 0.3) is 0 Å². The highest BCUT2D eigenvalue weighted by molar-refractivity contribution is 6.29.